The van der Waals surface area contributed by atoms with E-state index in [1.54, 1.807) is 18.2 Å². The molecule has 1 saturated heterocycles. The maximum absolute atomic E-state index is 14.0. The molecule has 0 spiro atoms. The molecule has 1 N–H and O–H groups in total. The van der Waals surface area contributed by atoms with Crippen molar-refractivity contribution >= 4 is 38.4 Å². The Morgan fingerprint density at radius 1 is 0.850 bits per heavy atom. The largest absolute Gasteiger partial charge is 0.418 e. The first-order chi connectivity index (χ1) is 19.0. The highest BCUT2D eigenvalue weighted by molar-refractivity contribution is 7.93. The Balaban J connectivity index is 1.36. The van der Waals surface area contributed by atoms with Gasteiger partial charge in [-0.2, -0.15) is 13.2 Å². The minimum Gasteiger partial charge on any atom is -0.335 e. The summed E-state index contributed by atoms with van der Waals surface area (Å²) in [6.45, 7) is 0.498. The van der Waals surface area contributed by atoms with E-state index in [2.05, 4.69) is 15.0 Å². The van der Waals surface area contributed by atoms with Gasteiger partial charge in [-0.1, -0.05) is 18.2 Å². The molecule has 2 aromatic carbocycles. The average molecular weight is 571 g/mol. The number of anilines is 1. The predicted molar refractivity (Wildman–Crippen MR) is 138 cm³/mol. The van der Waals surface area contributed by atoms with Crippen LogP contribution in [-0.2, 0) is 16.2 Å². The van der Waals surface area contributed by atoms with Crippen molar-refractivity contribution in [2.24, 2.45) is 0 Å². The molecule has 2 amide bonds. The number of benzene rings is 2. The number of carbonyl (C=O) groups is 2. The molecule has 14 heteroatoms. The minimum atomic E-state index is -4.97. The molecule has 0 radical (unpaired) electrons. The molecule has 206 valence electrons. The fraction of sp³-hybridized carbons (Fsp3) is 0.192. The van der Waals surface area contributed by atoms with Gasteiger partial charge in [0.15, 0.2) is 0 Å². The Morgan fingerprint density at radius 3 is 2.23 bits per heavy atom. The molecule has 0 atom stereocenters. The molecular formula is C26H21F3N6O4S. The summed E-state index contributed by atoms with van der Waals surface area (Å²) >= 11 is 0. The molecule has 5 rings (SSSR count). The fourth-order valence-corrected chi connectivity index (χ4v) is 5.62. The zero-order valence-electron chi connectivity index (χ0n) is 20.7. The van der Waals surface area contributed by atoms with Crippen LogP contribution in [0.4, 0.5) is 18.9 Å². The van der Waals surface area contributed by atoms with Crippen LogP contribution in [0.2, 0.25) is 0 Å². The Morgan fingerprint density at radius 2 is 1.55 bits per heavy atom. The van der Waals surface area contributed by atoms with Crippen LogP contribution in [0.3, 0.4) is 0 Å². The lowest BCUT2D eigenvalue weighted by Crippen LogP contribution is -2.50. The van der Waals surface area contributed by atoms with Crippen molar-refractivity contribution in [2.45, 2.75) is 11.1 Å². The highest BCUT2D eigenvalue weighted by atomic mass is 32.2. The number of piperazine rings is 1. The number of hydrogen-bond donors (Lipinski definition) is 1. The molecule has 10 nitrogen and oxygen atoms in total. The van der Waals surface area contributed by atoms with Gasteiger partial charge >= 0.3 is 6.18 Å². The number of para-hydroxylation sites is 1. The van der Waals surface area contributed by atoms with Crippen LogP contribution in [0.15, 0.2) is 78.2 Å². The van der Waals surface area contributed by atoms with Crippen LogP contribution in [0.25, 0.3) is 10.9 Å². The van der Waals surface area contributed by atoms with Crippen molar-refractivity contribution in [3.63, 3.8) is 0 Å². The van der Waals surface area contributed by atoms with Gasteiger partial charge in [-0.3, -0.25) is 24.3 Å². The van der Waals surface area contributed by atoms with Crippen LogP contribution in [0, 0.1) is 0 Å². The molecule has 0 saturated carbocycles. The molecule has 40 heavy (non-hydrogen) atoms. The quantitative estimate of drug-likeness (QED) is 0.390. The topological polar surface area (TPSA) is 125 Å². The highest BCUT2D eigenvalue weighted by Gasteiger charge is 2.36. The summed E-state index contributed by atoms with van der Waals surface area (Å²) < 4.78 is 70.4. The van der Waals surface area contributed by atoms with Gasteiger partial charge in [0, 0.05) is 55.7 Å². The van der Waals surface area contributed by atoms with Crippen molar-refractivity contribution in [2.75, 3.05) is 30.9 Å². The summed E-state index contributed by atoms with van der Waals surface area (Å²) in [7, 11) is -4.47. The third-order valence-electron chi connectivity index (χ3n) is 6.34. The van der Waals surface area contributed by atoms with Crippen LogP contribution < -0.4 is 4.72 Å². The van der Waals surface area contributed by atoms with Gasteiger partial charge in [0.05, 0.1) is 23.0 Å². The number of alkyl halides is 3. The molecule has 2 aromatic heterocycles. The van der Waals surface area contributed by atoms with Crippen molar-refractivity contribution in [1.82, 2.24) is 24.8 Å². The summed E-state index contributed by atoms with van der Waals surface area (Å²) in [6.07, 6.45) is 0.556. The van der Waals surface area contributed by atoms with Gasteiger partial charge in [-0.15, -0.1) is 0 Å². The molecule has 0 aliphatic carbocycles. The molecule has 4 aromatic rings. The van der Waals surface area contributed by atoms with E-state index in [1.165, 1.54) is 46.7 Å². The lowest BCUT2D eigenvalue weighted by Gasteiger charge is -2.34. The van der Waals surface area contributed by atoms with E-state index in [4.69, 9.17) is 0 Å². The zero-order valence-corrected chi connectivity index (χ0v) is 21.5. The van der Waals surface area contributed by atoms with E-state index < -0.39 is 33.4 Å². The molecule has 0 unspecified atom stereocenters. The standard InChI is InChI=1S/C26H21F3N6O4S/c27-26(28,29)19-15-18(24(36)34-11-13-35(14-12-34)25(37)21-16-30-9-10-31-21)6-7-20(19)33-40(38,39)22-5-1-3-17-4-2-8-32-23(17)22/h1-10,15-16,33H,11-14H2. The number of fused-ring (bicyclic) bond motifs is 1. The van der Waals surface area contributed by atoms with E-state index in [0.29, 0.717) is 11.5 Å². The van der Waals surface area contributed by atoms with Crippen LogP contribution in [0.5, 0.6) is 0 Å². The number of halogens is 3. The Hall–Kier alpha value is -4.59. The van der Waals surface area contributed by atoms with Gasteiger partial charge < -0.3 is 9.80 Å². The second kappa shape index (κ2) is 10.5. The summed E-state index contributed by atoms with van der Waals surface area (Å²) in [5, 5.41) is 0.501. The molecule has 1 fully saturated rings. The SMILES string of the molecule is O=C(c1ccc(NS(=O)(=O)c2cccc3cccnc23)c(C(F)(F)F)c1)N1CCN(C(=O)c2cnccn2)CC1. The average Bonchev–Trinajstić information content (AvgIpc) is 2.96. The van der Waals surface area contributed by atoms with Gasteiger partial charge in [0.25, 0.3) is 21.8 Å². The highest BCUT2D eigenvalue weighted by Crippen LogP contribution is 2.37. The molecule has 0 bridgehead atoms. The number of aromatic nitrogens is 3. The van der Waals surface area contributed by atoms with Crippen molar-refractivity contribution in [3.05, 3.63) is 90.1 Å². The Labute approximate surface area is 226 Å². The number of carbonyl (C=O) groups excluding carboxylic acids is 2. The second-order valence-corrected chi connectivity index (χ2v) is 10.5. The summed E-state index contributed by atoms with van der Waals surface area (Å²) in [4.78, 5) is 40.1. The van der Waals surface area contributed by atoms with E-state index in [1.807, 2.05) is 4.72 Å². The molecule has 1 aliphatic rings. The van der Waals surface area contributed by atoms with Gasteiger partial charge in [-0.05, 0) is 30.3 Å². The Kier molecular flexibility index (Phi) is 7.10. The predicted octanol–water partition coefficient (Wildman–Crippen LogP) is 3.44. The van der Waals surface area contributed by atoms with Crippen molar-refractivity contribution in [3.8, 4) is 0 Å². The summed E-state index contributed by atoms with van der Waals surface area (Å²) in [5.41, 5.74) is -2.05. The van der Waals surface area contributed by atoms with Gasteiger partial charge in [0.1, 0.15) is 10.6 Å². The number of pyridine rings is 1. The van der Waals surface area contributed by atoms with Gasteiger partial charge in [-0.25, -0.2) is 13.4 Å². The zero-order chi connectivity index (χ0) is 28.5. The number of hydrogen-bond acceptors (Lipinski definition) is 7. The molecule has 3 heterocycles. The second-order valence-electron chi connectivity index (χ2n) is 8.87. The van der Waals surface area contributed by atoms with Crippen LogP contribution in [-0.4, -0.2) is 71.2 Å². The first kappa shape index (κ1) is 27.0. The number of sulfonamides is 1. The number of rotatable bonds is 5. The van der Waals surface area contributed by atoms with Crippen molar-refractivity contribution < 1.29 is 31.2 Å². The van der Waals surface area contributed by atoms with Crippen LogP contribution in [0.1, 0.15) is 26.4 Å². The van der Waals surface area contributed by atoms with Crippen molar-refractivity contribution in [1.29, 1.82) is 0 Å². The third kappa shape index (κ3) is 5.43. The number of amides is 2. The monoisotopic (exact) mass is 570 g/mol. The maximum atomic E-state index is 14.0. The lowest BCUT2D eigenvalue weighted by atomic mass is 10.1. The number of nitrogens with zero attached hydrogens (tertiary/aromatic N) is 5. The Bertz CT molecular complexity index is 1690. The maximum Gasteiger partial charge on any atom is 0.418 e. The first-order valence-electron chi connectivity index (χ1n) is 12.0. The minimum absolute atomic E-state index is 0.0919. The fourth-order valence-electron chi connectivity index (χ4n) is 4.36. The van der Waals surface area contributed by atoms with Crippen LogP contribution >= 0.6 is 0 Å². The van der Waals surface area contributed by atoms with E-state index in [9.17, 15) is 31.2 Å². The summed E-state index contributed by atoms with van der Waals surface area (Å²) in [5.74, 6) is -1.04. The normalized spacial score (nSPS) is 14.3. The van der Waals surface area contributed by atoms with E-state index in [-0.39, 0.29) is 53.8 Å². The molecule has 1 aliphatic heterocycles. The molecular weight excluding hydrogens is 549 g/mol. The lowest BCUT2D eigenvalue weighted by molar-refractivity contribution is -0.136. The third-order valence-corrected chi connectivity index (χ3v) is 7.73. The first-order valence-corrected chi connectivity index (χ1v) is 13.5. The van der Waals surface area contributed by atoms with E-state index >= 15 is 0 Å². The smallest absolute Gasteiger partial charge is 0.335 e. The summed E-state index contributed by atoms with van der Waals surface area (Å²) in [6, 6.07) is 10.3. The number of nitrogens with one attached hydrogen (secondary N) is 1. The van der Waals surface area contributed by atoms with E-state index in [0.717, 1.165) is 12.1 Å². The van der Waals surface area contributed by atoms with Gasteiger partial charge in [0.2, 0.25) is 0 Å².